The van der Waals surface area contributed by atoms with E-state index >= 15 is 0 Å². The molecule has 0 heterocycles. The Kier molecular flexibility index (Phi) is 5.25. The summed E-state index contributed by atoms with van der Waals surface area (Å²) < 4.78 is 0. The van der Waals surface area contributed by atoms with Crippen LogP contribution in [0, 0.1) is 12.8 Å². The first kappa shape index (κ1) is 13.6. The standard InChI is InChI=1S/C17H27N/c1-3-18-17(12-15-9-5-6-10-15)13-16-11-7-4-8-14(16)2/h4,7-8,11,15,17-18H,3,5-6,9-10,12-13H2,1-2H3. The molecule has 2 rings (SSSR count). The molecule has 0 saturated heterocycles. The number of likely N-dealkylation sites (N-methyl/N-ethyl adjacent to an activating group) is 1. The van der Waals surface area contributed by atoms with Crippen LogP contribution in [0.4, 0.5) is 0 Å². The second-order valence-electron chi connectivity index (χ2n) is 5.77. The van der Waals surface area contributed by atoms with Gasteiger partial charge in [-0.25, -0.2) is 0 Å². The molecule has 1 fully saturated rings. The molecule has 0 bridgehead atoms. The second kappa shape index (κ2) is 6.94. The van der Waals surface area contributed by atoms with Crippen molar-refractivity contribution in [2.75, 3.05) is 6.54 Å². The summed E-state index contributed by atoms with van der Waals surface area (Å²) in [4.78, 5) is 0. The van der Waals surface area contributed by atoms with E-state index in [9.17, 15) is 0 Å². The summed E-state index contributed by atoms with van der Waals surface area (Å²) in [5.74, 6) is 0.970. The van der Waals surface area contributed by atoms with Crippen LogP contribution in [0.15, 0.2) is 24.3 Å². The third kappa shape index (κ3) is 3.84. The van der Waals surface area contributed by atoms with Crippen molar-refractivity contribution in [3.63, 3.8) is 0 Å². The van der Waals surface area contributed by atoms with Gasteiger partial charge in [0.15, 0.2) is 0 Å². The molecule has 1 atom stereocenters. The average Bonchev–Trinajstić information content (AvgIpc) is 2.85. The Balaban J connectivity index is 1.94. The summed E-state index contributed by atoms with van der Waals surface area (Å²) >= 11 is 0. The molecular formula is C17H27N. The Morgan fingerprint density at radius 2 is 1.94 bits per heavy atom. The summed E-state index contributed by atoms with van der Waals surface area (Å²) in [5, 5.41) is 3.69. The predicted molar refractivity (Wildman–Crippen MR) is 78.9 cm³/mol. The first-order valence-electron chi connectivity index (χ1n) is 7.57. The minimum atomic E-state index is 0.666. The molecule has 1 heteroatoms. The highest BCUT2D eigenvalue weighted by atomic mass is 14.9. The molecule has 0 aliphatic heterocycles. The van der Waals surface area contributed by atoms with E-state index in [-0.39, 0.29) is 0 Å². The van der Waals surface area contributed by atoms with Gasteiger partial charge in [-0.3, -0.25) is 0 Å². The summed E-state index contributed by atoms with van der Waals surface area (Å²) in [6, 6.07) is 9.49. The Labute approximate surface area is 112 Å². The maximum atomic E-state index is 3.69. The van der Waals surface area contributed by atoms with Gasteiger partial charge in [0.05, 0.1) is 0 Å². The lowest BCUT2D eigenvalue weighted by Gasteiger charge is -2.22. The van der Waals surface area contributed by atoms with Gasteiger partial charge in [0.25, 0.3) is 0 Å². The van der Waals surface area contributed by atoms with Crippen LogP contribution in [0.1, 0.15) is 50.2 Å². The molecular weight excluding hydrogens is 218 g/mol. The van der Waals surface area contributed by atoms with E-state index in [1.165, 1.54) is 49.7 Å². The molecule has 1 unspecified atom stereocenters. The fourth-order valence-corrected chi connectivity index (χ4v) is 3.28. The molecule has 0 aromatic heterocycles. The van der Waals surface area contributed by atoms with Gasteiger partial charge >= 0.3 is 0 Å². The van der Waals surface area contributed by atoms with E-state index in [1.54, 1.807) is 0 Å². The summed E-state index contributed by atoms with van der Waals surface area (Å²) in [6.45, 7) is 5.54. The van der Waals surface area contributed by atoms with E-state index in [4.69, 9.17) is 0 Å². The van der Waals surface area contributed by atoms with Crippen molar-refractivity contribution in [1.29, 1.82) is 0 Å². The third-order valence-corrected chi connectivity index (χ3v) is 4.31. The highest BCUT2D eigenvalue weighted by Gasteiger charge is 2.20. The van der Waals surface area contributed by atoms with Crippen LogP contribution < -0.4 is 5.32 Å². The topological polar surface area (TPSA) is 12.0 Å². The largest absolute Gasteiger partial charge is 0.314 e. The number of benzene rings is 1. The maximum absolute atomic E-state index is 3.69. The normalized spacial score (nSPS) is 18.1. The molecule has 100 valence electrons. The smallest absolute Gasteiger partial charge is 0.0110 e. The fourth-order valence-electron chi connectivity index (χ4n) is 3.28. The van der Waals surface area contributed by atoms with E-state index in [0.717, 1.165) is 12.5 Å². The van der Waals surface area contributed by atoms with Crippen molar-refractivity contribution in [1.82, 2.24) is 5.32 Å². The molecule has 1 aliphatic carbocycles. The summed E-state index contributed by atoms with van der Waals surface area (Å²) in [7, 11) is 0. The zero-order valence-electron chi connectivity index (χ0n) is 11.9. The Hall–Kier alpha value is -0.820. The Morgan fingerprint density at radius 3 is 2.61 bits per heavy atom. The number of hydrogen-bond acceptors (Lipinski definition) is 1. The number of hydrogen-bond donors (Lipinski definition) is 1. The van der Waals surface area contributed by atoms with Crippen LogP contribution in [0.3, 0.4) is 0 Å². The van der Waals surface area contributed by atoms with Gasteiger partial charge in [0.1, 0.15) is 0 Å². The molecule has 0 spiro atoms. The lowest BCUT2D eigenvalue weighted by Crippen LogP contribution is -2.32. The van der Waals surface area contributed by atoms with Crippen LogP contribution in [0.25, 0.3) is 0 Å². The van der Waals surface area contributed by atoms with Crippen molar-refractivity contribution in [2.24, 2.45) is 5.92 Å². The highest BCUT2D eigenvalue weighted by molar-refractivity contribution is 5.26. The highest BCUT2D eigenvalue weighted by Crippen LogP contribution is 2.29. The van der Waals surface area contributed by atoms with Crippen molar-refractivity contribution in [2.45, 2.75) is 58.4 Å². The minimum absolute atomic E-state index is 0.666. The molecule has 0 radical (unpaired) electrons. The minimum Gasteiger partial charge on any atom is -0.314 e. The van der Waals surface area contributed by atoms with E-state index in [1.807, 2.05) is 0 Å². The SMILES string of the molecule is CCNC(Cc1ccccc1C)CC1CCCC1. The summed E-state index contributed by atoms with van der Waals surface area (Å²) in [6.07, 6.45) is 8.37. The Bertz CT molecular complexity index is 352. The zero-order chi connectivity index (χ0) is 12.8. The second-order valence-corrected chi connectivity index (χ2v) is 5.77. The molecule has 1 aliphatic rings. The third-order valence-electron chi connectivity index (χ3n) is 4.31. The monoisotopic (exact) mass is 245 g/mol. The lowest BCUT2D eigenvalue weighted by atomic mass is 9.92. The van der Waals surface area contributed by atoms with Gasteiger partial charge in [-0.05, 0) is 43.4 Å². The van der Waals surface area contributed by atoms with Crippen molar-refractivity contribution >= 4 is 0 Å². The molecule has 1 N–H and O–H groups in total. The van der Waals surface area contributed by atoms with Gasteiger partial charge in [-0.1, -0.05) is 56.9 Å². The van der Waals surface area contributed by atoms with Gasteiger partial charge in [0.2, 0.25) is 0 Å². The molecule has 0 amide bonds. The number of nitrogens with one attached hydrogen (secondary N) is 1. The van der Waals surface area contributed by atoms with Gasteiger partial charge in [-0.15, -0.1) is 0 Å². The predicted octanol–water partition coefficient (Wildman–Crippen LogP) is 4.10. The van der Waals surface area contributed by atoms with Crippen molar-refractivity contribution in [3.05, 3.63) is 35.4 Å². The van der Waals surface area contributed by atoms with E-state index < -0.39 is 0 Å². The van der Waals surface area contributed by atoms with Crippen molar-refractivity contribution < 1.29 is 0 Å². The van der Waals surface area contributed by atoms with Crippen LogP contribution in [0.2, 0.25) is 0 Å². The molecule has 1 saturated carbocycles. The lowest BCUT2D eigenvalue weighted by molar-refractivity contribution is 0.390. The zero-order valence-corrected chi connectivity index (χ0v) is 11.9. The molecule has 18 heavy (non-hydrogen) atoms. The van der Waals surface area contributed by atoms with Crippen LogP contribution in [0.5, 0.6) is 0 Å². The van der Waals surface area contributed by atoms with Crippen LogP contribution >= 0.6 is 0 Å². The summed E-state index contributed by atoms with van der Waals surface area (Å²) in [5.41, 5.74) is 2.95. The molecule has 1 nitrogen and oxygen atoms in total. The number of rotatable bonds is 6. The van der Waals surface area contributed by atoms with E-state index in [0.29, 0.717) is 6.04 Å². The quantitative estimate of drug-likeness (QED) is 0.796. The molecule has 1 aromatic rings. The van der Waals surface area contributed by atoms with Crippen LogP contribution in [-0.2, 0) is 6.42 Å². The average molecular weight is 245 g/mol. The van der Waals surface area contributed by atoms with Crippen LogP contribution in [-0.4, -0.2) is 12.6 Å². The van der Waals surface area contributed by atoms with Gasteiger partial charge < -0.3 is 5.32 Å². The van der Waals surface area contributed by atoms with E-state index in [2.05, 4.69) is 43.4 Å². The maximum Gasteiger partial charge on any atom is 0.0110 e. The van der Waals surface area contributed by atoms with Gasteiger partial charge in [-0.2, -0.15) is 0 Å². The molecule has 1 aromatic carbocycles. The first-order valence-corrected chi connectivity index (χ1v) is 7.57. The fraction of sp³-hybridized carbons (Fsp3) is 0.647. The number of aryl methyl sites for hydroxylation is 1. The first-order chi connectivity index (χ1) is 8.79. The van der Waals surface area contributed by atoms with Crippen molar-refractivity contribution in [3.8, 4) is 0 Å². The Morgan fingerprint density at radius 1 is 1.22 bits per heavy atom. The van der Waals surface area contributed by atoms with Gasteiger partial charge in [0, 0.05) is 6.04 Å².